The first-order chi connectivity index (χ1) is 23.0. The van der Waals surface area contributed by atoms with Crippen molar-refractivity contribution in [2.45, 2.75) is 24.7 Å². The summed E-state index contributed by atoms with van der Waals surface area (Å²) in [5, 5.41) is 0. The highest BCUT2D eigenvalue weighted by molar-refractivity contribution is 5.79. The van der Waals surface area contributed by atoms with E-state index in [0.29, 0.717) is 5.82 Å². The molecule has 47 heavy (non-hydrogen) atoms. The third kappa shape index (κ3) is 4.04. The first-order valence-electron chi connectivity index (χ1n) is 16.0. The van der Waals surface area contributed by atoms with E-state index in [1.807, 2.05) is 36.4 Å². The molecule has 0 atom stereocenters. The number of benzene rings is 5. The van der Waals surface area contributed by atoms with Crippen LogP contribution in [0.1, 0.15) is 47.2 Å². The molecule has 0 radical (unpaired) electrons. The first-order valence-corrected chi connectivity index (χ1v) is 16.0. The molecule has 1 aliphatic carbocycles. The molecule has 0 fully saturated rings. The largest absolute Gasteiger partial charge is 0.457 e. The van der Waals surface area contributed by atoms with Gasteiger partial charge in [-0.3, -0.25) is 4.98 Å². The Balaban J connectivity index is 1.35. The van der Waals surface area contributed by atoms with Gasteiger partial charge in [-0.1, -0.05) is 117 Å². The minimum Gasteiger partial charge on any atom is -0.457 e. The molecule has 0 saturated heterocycles. The number of hydrogen-bond acceptors (Lipinski definition) is 4. The third-order valence-electron chi connectivity index (χ3n) is 9.89. The van der Waals surface area contributed by atoms with Crippen LogP contribution in [0.5, 0.6) is 11.5 Å². The minimum absolute atomic E-state index is 0.182. The lowest BCUT2D eigenvalue weighted by Gasteiger charge is -2.50. The molecule has 0 saturated carbocycles. The zero-order chi connectivity index (χ0) is 31.6. The molecule has 4 nitrogen and oxygen atoms in total. The number of rotatable bonds is 3. The van der Waals surface area contributed by atoms with Gasteiger partial charge in [-0.05, 0) is 64.7 Å². The van der Waals surface area contributed by atoms with E-state index in [9.17, 15) is 0 Å². The Kier molecular flexibility index (Phi) is 6.03. The molecular formula is C43H31N3O. The van der Waals surface area contributed by atoms with Crippen molar-refractivity contribution in [2.75, 3.05) is 0 Å². The van der Waals surface area contributed by atoms with Crippen LogP contribution >= 0.6 is 0 Å². The van der Waals surface area contributed by atoms with Gasteiger partial charge >= 0.3 is 0 Å². The van der Waals surface area contributed by atoms with Gasteiger partial charge in [0.2, 0.25) is 0 Å². The lowest BCUT2D eigenvalue weighted by atomic mass is 9.53. The van der Waals surface area contributed by atoms with Crippen LogP contribution in [0.15, 0.2) is 152 Å². The maximum Gasteiger partial charge on any atom is 0.179 e. The van der Waals surface area contributed by atoms with Crippen molar-refractivity contribution in [3.8, 4) is 45.5 Å². The van der Waals surface area contributed by atoms with E-state index in [-0.39, 0.29) is 5.41 Å². The van der Waals surface area contributed by atoms with Crippen LogP contribution < -0.4 is 4.74 Å². The third-order valence-corrected chi connectivity index (χ3v) is 9.89. The maximum atomic E-state index is 6.72. The van der Waals surface area contributed by atoms with E-state index in [2.05, 4.69) is 128 Å². The van der Waals surface area contributed by atoms with Crippen LogP contribution in [0, 0.1) is 0 Å². The Labute approximate surface area is 274 Å². The summed E-state index contributed by atoms with van der Waals surface area (Å²) >= 11 is 0. The van der Waals surface area contributed by atoms with Gasteiger partial charge < -0.3 is 4.74 Å². The number of fused-ring (bicyclic) bond motifs is 8. The number of ether oxygens (including phenoxy) is 1. The molecule has 4 heteroatoms. The summed E-state index contributed by atoms with van der Waals surface area (Å²) in [5.41, 5.74) is 11.1. The van der Waals surface area contributed by atoms with E-state index in [4.69, 9.17) is 14.7 Å². The number of hydrogen-bond donors (Lipinski definition) is 0. The summed E-state index contributed by atoms with van der Waals surface area (Å²) in [7, 11) is 0. The molecule has 0 N–H and O–H groups in total. The molecule has 0 amide bonds. The van der Waals surface area contributed by atoms with Crippen molar-refractivity contribution in [3.05, 3.63) is 185 Å². The number of para-hydroxylation sites is 1. The van der Waals surface area contributed by atoms with Crippen LogP contribution in [0.3, 0.4) is 0 Å². The van der Waals surface area contributed by atoms with E-state index < -0.39 is 5.41 Å². The normalized spacial score (nSPS) is 14.7. The smallest absolute Gasteiger partial charge is 0.179 e. The van der Waals surface area contributed by atoms with Crippen molar-refractivity contribution in [1.29, 1.82) is 0 Å². The SMILES string of the molecule is CC1(C)c2ccccc2C2(c3ccccc3Oc3ccc(-c4cc(-c5ccccc5)nc(-c5ccccn5)n4)cc32)c2ccccc21. The lowest BCUT2D eigenvalue weighted by molar-refractivity contribution is 0.425. The molecule has 9 rings (SSSR count). The predicted octanol–water partition coefficient (Wildman–Crippen LogP) is 10.0. The Hall–Kier alpha value is -5.87. The van der Waals surface area contributed by atoms with Gasteiger partial charge in [0.05, 0.1) is 16.8 Å². The van der Waals surface area contributed by atoms with Crippen LogP contribution in [0.2, 0.25) is 0 Å². The van der Waals surface area contributed by atoms with Crippen LogP contribution in [-0.2, 0) is 10.8 Å². The molecule has 7 aromatic rings. The van der Waals surface area contributed by atoms with Crippen molar-refractivity contribution >= 4 is 0 Å². The highest BCUT2D eigenvalue weighted by atomic mass is 16.5. The number of aromatic nitrogens is 3. The van der Waals surface area contributed by atoms with Crippen molar-refractivity contribution < 1.29 is 4.74 Å². The van der Waals surface area contributed by atoms with E-state index in [0.717, 1.165) is 50.8 Å². The first kappa shape index (κ1) is 27.4. The summed E-state index contributed by atoms with van der Waals surface area (Å²) in [5.74, 6) is 2.31. The standard InChI is InChI=1S/C43H31N3O/c1-42(2)30-16-6-8-18-32(30)43(33-19-9-7-17-31(33)42)34-20-10-11-22-39(34)47-40-24-23-29(26-35(40)43)38-27-37(28-14-4-3-5-15-28)45-41(46-38)36-21-12-13-25-44-36/h3-27H,1-2H3. The summed E-state index contributed by atoms with van der Waals surface area (Å²) in [6.45, 7) is 4.68. The van der Waals surface area contributed by atoms with E-state index >= 15 is 0 Å². The second kappa shape index (κ2) is 10.3. The summed E-state index contributed by atoms with van der Waals surface area (Å²) < 4.78 is 6.72. The summed E-state index contributed by atoms with van der Waals surface area (Å²) in [6, 6.07) is 51.1. The highest BCUT2D eigenvalue weighted by Crippen LogP contribution is 2.61. The van der Waals surface area contributed by atoms with Gasteiger partial charge in [0.25, 0.3) is 0 Å². The van der Waals surface area contributed by atoms with Crippen LogP contribution in [0.4, 0.5) is 0 Å². The second-order valence-electron chi connectivity index (χ2n) is 12.8. The molecule has 224 valence electrons. The lowest BCUT2D eigenvalue weighted by Crippen LogP contribution is -2.43. The van der Waals surface area contributed by atoms with Crippen molar-refractivity contribution in [2.24, 2.45) is 0 Å². The van der Waals surface area contributed by atoms with E-state index in [1.54, 1.807) is 6.20 Å². The topological polar surface area (TPSA) is 47.9 Å². The highest BCUT2D eigenvalue weighted by Gasteiger charge is 2.52. The van der Waals surface area contributed by atoms with Gasteiger partial charge in [0, 0.05) is 33.9 Å². The van der Waals surface area contributed by atoms with Crippen LogP contribution in [-0.4, -0.2) is 15.0 Å². The molecular weight excluding hydrogens is 574 g/mol. The Morgan fingerprint density at radius 1 is 0.447 bits per heavy atom. The van der Waals surface area contributed by atoms with Crippen LogP contribution in [0.25, 0.3) is 34.0 Å². The molecule has 0 bridgehead atoms. The molecule has 3 heterocycles. The summed E-state index contributed by atoms with van der Waals surface area (Å²) in [6.07, 6.45) is 1.78. The number of pyridine rings is 1. The predicted molar refractivity (Wildman–Crippen MR) is 187 cm³/mol. The molecule has 2 aromatic heterocycles. The van der Waals surface area contributed by atoms with Crippen molar-refractivity contribution in [3.63, 3.8) is 0 Å². The van der Waals surface area contributed by atoms with E-state index in [1.165, 1.54) is 22.3 Å². The second-order valence-corrected chi connectivity index (χ2v) is 12.8. The number of nitrogens with zero attached hydrogens (tertiary/aromatic N) is 3. The fourth-order valence-electron chi connectivity index (χ4n) is 7.74. The Morgan fingerprint density at radius 3 is 1.70 bits per heavy atom. The fraction of sp³-hybridized carbons (Fsp3) is 0.0930. The van der Waals surface area contributed by atoms with Gasteiger partial charge in [-0.2, -0.15) is 0 Å². The maximum absolute atomic E-state index is 6.72. The summed E-state index contributed by atoms with van der Waals surface area (Å²) in [4.78, 5) is 14.7. The fourth-order valence-corrected chi connectivity index (χ4v) is 7.74. The zero-order valence-electron chi connectivity index (χ0n) is 26.2. The van der Waals surface area contributed by atoms with Gasteiger partial charge in [0.1, 0.15) is 17.2 Å². The minimum atomic E-state index is -0.595. The monoisotopic (exact) mass is 605 g/mol. The molecule has 1 aliphatic heterocycles. The van der Waals surface area contributed by atoms with Gasteiger partial charge in [-0.25, -0.2) is 9.97 Å². The average Bonchev–Trinajstić information content (AvgIpc) is 3.14. The zero-order valence-corrected chi connectivity index (χ0v) is 26.2. The van der Waals surface area contributed by atoms with Gasteiger partial charge in [0.15, 0.2) is 5.82 Å². The molecule has 0 unspecified atom stereocenters. The van der Waals surface area contributed by atoms with Crippen molar-refractivity contribution in [1.82, 2.24) is 15.0 Å². The quantitative estimate of drug-likeness (QED) is 0.201. The van der Waals surface area contributed by atoms with Gasteiger partial charge in [-0.15, -0.1) is 0 Å². The Bertz CT molecular complexity index is 2200. The molecule has 5 aromatic carbocycles. The average molecular weight is 606 g/mol. The molecule has 2 aliphatic rings. The Morgan fingerprint density at radius 2 is 1.02 bits per heavy atom. The molecule has 1 spiro atoms.